The summed E-state index contributed by atoms with van der Waals surface area (Å²) in [4.78, 5) is 39.0. The van der Waals surface area contributed by atoms with Crippen molar-refractivity contribution in [2.24, 2.45) is 0 Å². The number of benzene rings is 3. The second-order valence-corrected chi connectivity index (χ2v) is 7.85. The summed E-state index contributed by atoms with van der Waals surface area (Å²) >= 11 is 6.15. The molecule has 0 spiro atoms. The first kappa shape index (κ1) is 23.8. The molecule has 1 N–H and O–H groups in total. The number of urea groups is 1. The molecule has 0 aromatic heterocycles. The zero-order chi connectivity index (χ0) is 24.9. The van der Waals surface area contributed by atoms with Gasteiger partial charge < -0.3 is 14.2 Å². The Labute approximate surface area is 206 Å². The highest BCUT2D eigenvalue weighted by Gasteiger charge is 2.36. The van der Waals surface area contributed by atoms with Crippen LogP contribution in [0, 0.1) is 0 Å². The molecule has 1 aliphatic rings. The van der Waals surface area contributed by atoms with Crippen LogP contribution >= 0.6 is 11.6 Å². The Morgan fingerprint density at radius 2 is 1.63 bits per heavy atom. The number of carbonyl (C=O) groups excluding carboxylic acids is 3. The number of anilines is 1. The molecule has 1 fully saturated rings. The number of amides is 4. The molecule has 178 valence electrons. The Morgan fingerprint density at radius 1 is 0.914 bits per heavy atom. The Bertz CT molecular complexity index is 1320. The number of hydrogen-bond donors (Lipinski definition) is 1. The molecule has 0 bridgehead atoms. The summed E-state index contributed by atoms with van der Waals surface area (Å²) in [5, 5.41) is 2.80. The molecule has 8 nitrogen and oxygen atoms in total. The highest BCUT2D eigenvalue weighted by atomic mass is 35.5. The molecular weight excluding hydrogens is 472 g/mol. The highest BCUT2D eigenvalue weighted by Crippen LogP contribution is 2.30. The highest BCUT2D eigenvalue weighted by molar-refractivity contribution is 6.39. The van der Waals surface area contributed by atoms with Gasteiger partial charge >= 0.3 is 6.03 Å². The maximum atomic E-state index is 13.1. The molecule has 3 aromatic rings. The lowest BCUT2D eigenvalue weighted by Crippen LogP contribution is -2.54. The number of nitrogens with one attached hydrogen (secondary N) is 1. The molecule has 0 saturated carbocycles. The SMILES string of the molecule is COc1ccc(/C=C2/C(=O)NC(=O)N(c3ccc(OCc4ccccc4Cl)cc3)C2=O)cc1OC. The first-order valence-corrected chi connectivity index (χ1v) is 10.9. The van der Waals surface area contributed by atoms with Gasteiger partial charge in [0.15, 0.2) is 11.5 Å². The number of barbiturate groups is 1. The third-order valence-electron chi connectivity index (χ3n) is 5.27. The molecule has 4 rings (SSSR count). The van der Waals surface area contributed by atoms with Crippen molar-refractivity contribution >= 4 is 41.2 Å². The molecule has 0 unspecified atom stereocenters. The van der Waals surface area contributed by atoms with Crippen molar-refractivity contribution in [2.75, 3.05) is 19.1 Å². The Kier molecular flexibility index (Phi) is 7.03. The monoisotopic (exact) mass is 492 g/mol. The fourth-order valence-corrected chi connectivity index (χ4v) is 3.66. The van der Waals surface area contributed by atoms with Crippen LogP contribution in [-0.2, 0) is 16.2 Å². The normalized spacial score (nSPS) is 14.7. The van der Waals surface area contributed by atoms with E-state index in [0.717, 1.165) is 10.5 Å². The van der Waals surface area contributed by atoms with Gasteiger partial charge in [0.1, 0.15) is 17.9 Å². The lowest BCUT2D eigenvalue weighted by atomic mass is 10.1. The predicted molar refractivity (Wildman–Crippen MR) is 131 cm³/mol. The van der Waals surface area contributed by atoms with Crippen LogP contribution in [0.3, 0.4) is 0 Å². The lowest BCUT2D eigenvalue weighted by molar-refractivity contribution is -0.122. The predicted octanol–water partition coefficient (Wildman–Crippen LogP) is 4.60. The lowest BCUT2D eigenvalue weighted by Gasteiger charge is -2.26. The maximum Gasteiger partial charge on any atom is 0.335 e. The number of hydrogen-bond acceptors (Lipinski definition) is 6. The zero-order valence-electron chi connectivity index (χ0n) is 18.9. The minimum atomic E-state index is -0.839. The van der Waals surface area contributed by atoms with Gasteiger partial charge in [-0.15, -0.1) is 0 Å². The van der Waals surface area contributed by atoms with Crippen molar-refractivity contribution in [3.8, 4) is 17.2 Å². The first-order chi connectivity index (χ1) is 16.9. The molecule has 1 aliphatic heterocycles. The van der Waals surface area contributed by atoms with Crippen LogP contribution in [0.25, 0.3) is 6.08 Å². The van der Waals surface area contributed by atoms with Crippen molar-refractivity contribution in [1.29, 1.82) is 0 Å². The number of halogens is 1. The van der Waals surface area contributed by atoms with E-state index >= 15 is 0 Å². The van der Waals surface area contributed by atoms with Crippen molar-refractivity contribution < 1.29 is 28.6 Å². The molecule has 0 aliphatic carbocycles. The summed E-state index contributed by atoms with van der Waals surface area (Å²) in [6, 6.07) is 17.8. The van der Waals surface area contributed by atoms with Crippen LogP contribution in [0.1, 0.15) is 11.1 Å². The van der Waals surface area contributed by atoms with E-state index in [4.69, 9.17) is 25.8 Å². The van der Waals surface area contributed by atoms with E-state index in [0.29, 0.717) is 27.8 Å². The van der Waals surface area contributed by atoms with E-state index in [9.17, 15) is 14.4 Å². The molecule has 4 amide bonds. The van der Waals surface area contributed by atoms with Crippen LogP contribution in [0.15, 0.2) is 72.3 Å². The average Bonchev–Trinajstić information content (AvgIpc) is 2.86. The smallest absolute Gasteiger partial charge is 0.335 e. The van der Waals surface area contributed by atoms with Gasteiger partial charge in [0.05, 0.1) is 19.9 Å². The quantitative estimate of drug-likeness (QED) is 0.382. The summed E-state index contributed by atoms with van der Waals surface area (Å²) < 4.78 is 16.2. The van der Waals surface area contributed by atoms with Gasteiger partial charge in [-0.3, -0.25) is 14.9 Å². The van der Waals surface area contributed by atoms with Crippen LogP contribution < -0.4 is 24.4 Å². The van der Waals surface area contributed by atoms with E-state index in [1.54, 1.807) is 48.5 Å². The van der Waals surface area contributed by atoms with Crippen molar-refractivity contribution in [2.45, 2.75) is 6.61 Å². The van der Waals surface area contributed by atoms with Gasteiger partial charge in [0, 0.05) is 10.6 Å². The minimum absolute atomic E-state index is 0.198. The van der Waals surface area contributed by atoms with E-state index < -0.39 is 17.8 Å². The number of nitrogens with zero attached hydrogens (tertiary/aromatic N) is 1. The van der Waals surface area contributed by atoms with Gasteiger partial charge in [-0.1, -0.05) is 35.9 Å². The van der Waals surface area contributed by atoms with Crippen LogP contribution in [0.5, 0.6) is 17.2 Å². The van der Waals surface area contributed by atoms with Crippen molar-refractivity contribution in [3.05, 3.63) is 88.5 Å². The number of imide groups is 2. The van der Waals surface area contributed by atoms with Crippen LogP contribution in [-0.4, -0.2) is 32.1 Å². The van der Waals surface area contributed by atoms with E-state index in [1.807, 2.05) is 18.2 Å². The van der Waals surface area contributed by atoms with E-state index in [2.05, 4.69) is 5.32 Å². The van der Waals surface area contributed by atoms with Gasteiger partial charge in [-0.05, 0) is 54.1 Å². The summed E-state index contributed by atoms with van der Waals surface area (Å²) in [6.45, 7) is 0.259. The summed E-state index contributed by atoms with van der Waals surface area (Å²) in [7, 11) is 2.99. The molecule has 0 radical (unpaired) electrons. The van der Waals surface area contributed by atoms with Gasteiger partial charge in [-0.25, -0.2) is 9.69 Å². The molecule has 35 heavy (non-hydrogen) atoms. The average molecular weight is 493 g/mol. The standard InChI is InChI=1S/C26H21ClN2O6/c1-33-22-12-7-16(14-23(22)34-2)13-20-24(30)28-26(32)29(25(20)31)18-8-10-19(11-9-18)35-15-17-5-3-4-6-21(17)27/h3-14H,15H2,1-2H3,(H,28,30,32)/b20-13-. The van der Waals surface area contributed by atoms with E-state index in [1.165, 1.54) is 20.3 Å². The Balaban J connectivity index is 1.55. The largest absolute Gasteiger partial charge is 0.493 e. The minimum Gasteiger partial charge on any atom is -0.493 e. The number of methoxy groups -OCH3 is 2. The zero-order valence-corrected chi connectivity index (χ0v) is 19.7. The Hall–Kier alpha value is -4.30. The molecule has 0 atom stereocenters. The van der Waals surface area contributed by atoms with Gasteiger partial charge in [0.2, 0.25) is 0 Å². The molecule has 1 saturated heterocycles. The fourth-order valence-electron chi connectivity index (χ4n) is 3.47. The van der Waals surface area contributed by atoms with Gasteiger partial charge in [-0.2, -0.15) is 0 Å². The fraction of sp³-hybridized carbons (Fsp3) is 0.115. The topological polar surface area (TPSA) is 94.2 Å². The number of carbonyl (C=O) groups is 3. The second-order valence-electron chi connectivity index (χ2n) is 7.45. The van der Waals surface area contributed by atoms with Crippen LogP contribution in [0.2, 0.25) is 5.02 Å². The number of rotatable bonds is 7. The maximum absolute atomic E-state index is 13.1. The molecule has 1 heterocycles. The molecular formula is C26H21ClN2O6. The van der Waals surface area contributed by atoms with Crippen molar-refractivity contribution in [1.82, 2.24) is 5.32 Å². The summed E-state index contributed by atoms with van der Waals surface area (Å²) in [6.07, 6.45) is 1.39. The summed E-state index contributed by atoms with van der Waals surface area (Å²) in [5.41, 5.74) is 1.44. The van der Waals surface area contributed by atoms with E-state index in [-0.39, 0.29) is 17.9 Å². The third kappa shape index (κ3) is 5.12. The second kappa shape index (κ2) is 10.3. The Morgan fingerprint density at radius 3 is 2.31 bits per heavy atom. The van der Waals surface area contributed by atoms with Crippen molar-refractivity contribution in [3.63, 3.8) is 0 Å². The summed E-state index contributed by atoms with van der Waals surface area (Å²) in [5.74, 6) is -0.0757. The number of ether oxygens (including phenoxy) is 3. The third-order valence-corrected chi connectivity index (χ3v) is 5.64. The van der Waals surface area contributed by atoms with Crippen LogP contribution in [0.4, 0.5) is 10.5 Å². The molecule has 9 heteroatoms. The van der Waals surface area contributed by atoms with Gasteiger partial charge in [0.25, 0.3) is 11.8 Å². The molecule has 3 aromatic carbocycles. The first-order valence-electron chi connectivity index (χ1n) is 10.5.